The van der Waals surface area contributed by atoms with Crippen LogP contribution in [0, 0.1) is 0 Å². The number of hydrogen-bond donors (Lipinski definition) is 1. The molecule has 2 heterocycles. The molecule has 1 aromatic carbocycles. The number of thiophene rings is 1. The Hall–Kier alpha value is -0.750. The first-order valence-electron chi connectivity index (χ1n) is 5.74. The van der Waals surface area contributed by atoms with E-state index in [0.29, 0.717) is 10.8 Å². The summed E-state index contributed by atoms with van der Waals surface area (Å²) < 4.78 is 11.8. The van der Waals surface area contributed by atoms with Crippen molar-refractivity contribution in [3.63, 3.8) is 0 Å². The minimum atomic E-state index is 0.245. The molecule has 0 aliphatic carbocycles. The van der Waals surface area contributed by atoms with E-state index in [-0.39, 0.29) is 6.79 Å². The van der Waals surface area contributed by atoms with Gasteiger partial charge >= 0.3 is 0 Å². The quantitative estimate of drug-likeness (QED) is 0.887. The first-order chi connectivity index (χ1) is 9.22. The fourth-order valence-electron chi connectivity index (χ4n) is 1.90. The lowest BCUT2D eigenvalue weighted by atomic mass is 10.2. The number of ether oxygens (including phenoxy) is 2. The fourth-order valence-corrected chi connectivity index (χ4v) is 3.61. The lowest BCUT2D eigenvalue weighted by molar-refractivity contribution is 0.174. The molecule has 6 heteroatoms. The van der Waals surface area contributed by atoms with Gasteiger partial charge in [-0.05, 0) is 39.7 Å². The lowest BCUT2D eigenvalue weighted by Crippen LogP contribution is -2.11. The normalized spacial score (nSPS) is 12.9. The molecule has 1 aliphatic heterocycles. The number of nitrogens with one attached hydrogen (secondary N) is 1. The van der Waals surface area contributed by atoms with Crippen molar-refractivity contribution in [1.82, 2.24) is 5.32 Å². The molecule has 0 saturated heterocycles. The molecular formula is C13H11BrClNO2S. The van der Waals surface area contributed by atoms with E-state index in [4.69, 9.17) is 21.1 Å². The molecule has 2 aromatic rings. The Morgan fingerprint density at radius 1 is 1.26 bits per heavy atom. The van der Waals surface area contributed by atoms with Crippen LogP contribution in [-0.4, -0.2) is 6.79 Å². The summed E-state index contributed by atoms with van der Waals surface area (Å²) in [4.78, 5) is 1.29. The van der Waals surface area contributed by atoms with Crippen molar-refractivity contribution >= 4 is 38.9 Å². The fraction of sp³-hybridized carbons (Fsp3) is 0.231. The average Bonchev–Trinajstić information content (AvgIpc) is 2.98. The van der Waals surface area contributed by atoms with Crippen LogP contribution in [0.15, 0.2) is 28.1 Å². The highest BCUT2D eigenvalue weighted by Gasteiger charge is 2.17. The largest absolute Gasteiger partial charge is 0.454 e. The van der Waals surface area contributed by atoms with Crippen LogP contribution in [0.25, 0.3) is 0 Å². The molecule has 0 saturated carbocycles. The predicted molar refractivity (Wildman–Crippen MR) is 80.1 cm³/mol. The molecule has 0 fully saturated rings. The average molecular weight is 361 g/mol. The Morgan fingerprint density at radius 3 is 2.95 bits per heavy atom. The zero-order valence-electron chi connectivity index (χ0n) is 9.91. The predicted octanol–water partition coefficient (Wildman–Crippen LogP) is 4.18. The van der Waals surface area contributed by atoms with Gasteiger partial charge in [0.1, 0.15) is 0 Å². The molecule has 0 radical (unpaired) electrons. The topological polar surface area (TPSA) is 30.5 Å². The van der Waals surface area contributed by atoms with Gasteiger partial charge in [-0.15, -0.1) is 11.3 Å². The maximum absolute atomic E-state index is 6.14. The zero-order chi connectivity index (χ0) is 13.2. The minimum Gasteiger partial charge on any atom is -0.454 e. The van der Waals surface area contributed by atoms with Crippen LogP contribution in [0.5, 0.6) is 11.5 Å². The van der Waals surface area contributed by atoms with E-state index in [1.165, 1.54) is 4.88 Å². The summed E-state index contributed by atoms with van der Waals surface area (Å²) in [6.07, 6.45) is 0. The van der Waals surface area contributed by atoms with Crippen LogP contribution in [0.3, 0.4) is 0 Å². The van der Waals surface area contributed by atoms with E-state index in [0.717, 1.165) is 28.9 Å². The molecule has 3 nitrogen and oxygen atoms in total. The molecule has 0 amide bonds. The van der Waals surface area contributed by atoms with E-state index >= 15 is 0 Å². The second-order valence-electron chi connectivity index (χ2n) is 4.15. The van der Waals surface area contributed by atoms with E-state index in [1.54, 1.807) is 11.3 Å². The summed E-state index contributed by atoms with van der Waals surface area (Å²) in [5, 5.41) is 6.06. The van der Waals surface area contributed by atoms with Crippen LogP contribution in [0.2, 0.25) is 5.02 Å². The van der Waals surface area contributed by atoms with E-state index < -0.39 is 0 Å². The Bertz CT molecular complexity index is 602. The molecule has 19 heavy (non-hydrogen) atoms. The van der Waals surface area contributed by atoms with Gasteiger partial charge in [-0.3, -0.25) is 0 Å². The van der Waals surface area contributed by atoms with Gasteiger partial charge in [0.15, 0.2) is 11.5 Å². The molecule has 0 bridgehead atoms. The standard InChI is InChI=1S/C13H11BrClNO2S/c14-9-3-10(19-6-9)5-16-4-8-1-11(15)13-12(2-8)17-7-18-13/h1-3,6,16H,4-5,7H2. The molecule has 0 unspecified atom stereocenters. The monoisotopic (exact) mass is 359 g/mol. The van der Waals surface area contributed by atoms with Crippen LogP contribution in [0.4, 0.5) is 0 Å². The molecular weight excluding hydrogens is 350 g/mol. The highest BCUT2D eigenvalue weighted by Crippen LogP contribution is 2.39. The molecule has 1 aromatic heterocycles. The van der Waals surface area contributed by atoms with Gasteiger partial charge in [0.05, 0.1) is 5.02 Å². The van der Waals surface area contributed by atoms with Crippen molar-refractivity contribution in [3.05, 3.63) is 43.5 Å². The van der Waals surface area contributed by atoms with Crippen molar-refractivity contribution in [3.8, 4) is 11.5 Å². The second-order valence-corrected chi connectivity index (χ2v) is 6.46. The van der Waals surface area contributed by atoms with Gasteiger partial charge in [0, 0.05) is 27.8 Å². The third-order valence-electron chi connectivity index (χ3n) is 2.74. The van der Waals surface area contributed by atoms with E-state index in [1.807, 2.05) is 12.1 Å². The SMILES string of the molecule is Clc1cc(CNCc2cc(Br)cs2)cc2c1OCO2. The van der Waals surface area contributed by atoms with Crippen LogP contribution in [0.1, 0.15) is 10.4 Å². The van der Waals surface area contributed by atoms with Crippen molar-refractivity contribution in [2.75, 3.05) is 6.79 Å². The van der Waals surface area contributed by atoms with Crippen molar-refractivity contribution in [1.29, 1.82) is 0 Å². The maximum atomic E-state index is 6.14. The van der Waals surface area contributed by atoms with Gasteiger partial charge in [-0.2, -0.15) is 0 Å². The highest BCUT2D eigenvalue weighted by molar-refractivity contribution is 9.10. The number of rotatable bonds is 4. The van der Waals surface area contributed by atoms with Crippen LogP contribution >= 0.6 is 38.9 Å². The summed E-state index contributed by atoms with van der Waals surface area (Å²) in [5.74, 6) is 1.37. The van der Waals surface area contributed by atoms with E-state index in [9.17, 15) is 0 Å². The Labute approximate surface area is 128 Å². The molecule has 1 N–H and O–H groups in total. The van der Waals surface area contributed by atoms with Gasteiger partial charge in [0.25, 0.3) is 0 Å². The minimum absolute atomic E-state index is 0.245. The molecule has 0 atom stereocenters. The smallest absolute Gasteiger partial charge is 0.231 e. The number of benzene rings is 1. The van der Waals surface area contributed by atoms with Gasteiger partial charge < -0.3 is 14.8 Å². The summed E-state index contributed by atoms with van der Waals surface area (Å²) in [7, 11) is 0. The van der Waals surface area contributed by atoms with E-state index in [2.05, 4.69) is 32.7 Å². The second kappa shape index (κ2) is 5.71. The summed E-state index contributed by atoms with van der Waals surface area (Å²) in [6, 6.07) is 5.99. The Kier molecular flexibility index (Phi) is 3.98. The first-order valence-corrected chi connectivity index (χ1v) is 7.79. The number of fused-ring (bicyclic) bond motifs is 1. The van der Waals surface area contributed by atoms with Gasteiger partial charge in [-0.1, -0.05) is 11.6 Å². The third-order valence-corrected chi connectivity index (χ3v) is 4.72. The molecule has 0 spiro atoms. The third kappa shape index (κ3) is 3.05. The Balaban J connectivity index is 1.63. The highest BCUT2D eigenvalue weighted by atomic mass is 79.9. The zero-order valence-corrected chi connectivity index (χ0v) is 13.1. The summed E-state index contributed by atoms with van der Waals surface area (Å²) >= 11 is 11.3. The van der Waals surface area contributed by atoms with Crippen molar-refractivity contribution in [2.45, 2.75) is 13.1 Å². The van der Waals surface area contributed by atoms with Crippen molar-refractivity contribution in [2.24, 2.45) is 0 Å². The maximum Gasteiger partial charge on any atom is 0.231 e. The summed E-state index contributed by atoms with van der Waals surface area (Å²) in [5.41, 5.74) is 1.09. The van der Waals surface area contributed by atoms with Gasteiger partial charge in [0.2, 0.25) is 6.79 Å². The molecule has 3 rings (SSSR count). The molecule has 100 valence electrons. The first kappa shape index (κ1) is 13.2. The van der Waals surface area contributed by atoms with Crippen LogP contribution in [-0.2, 0) is 13.1 Å². The molecule has 1 aliphatic rings. The van der Waals surface area contributed by atoms with Gasteiger partial charge in [-0.25, -0.2) is 0 Å². The lowest BCUT2D eigenvalue weighted by Gasteiger charge is -2.06. The summed E-state index contributed by atoms with van der Waals surface area (Å²) in [6.45, 7) is 1.82. The Morgan fingerprint density at radius 2 is 2.16 bits per heavy atom. The number of halogens is 2. The van der Waals surface area contributed by atoms with Crippen molar-refractivity contribution < 1.29 is 9.47 Å². The van der Waals surface area contributed by atoms with Crippen LogP contribution < -0.4 is 14.8 Å². The number of hydrogen-bond acceptors (Lipinski definition) is 4.